The van der Waals surface area contributed by atoms with E-state index in [1.807, 2.05) is 0 Å². The zero-order chi connectivity index (χ0) is 11.1. The predicted octanol–water partition coefficient (Wildman–Crippen LogP) is 2.28. The smallest absolute Gasteiger partial charge is 0.252 e. The Morgan fingerprint density at radius 3 is 2.13 bits per heavy atom. The third kappa shape index (κ3) is 1.81. The molecular formula is C11H13F2NO. The Labute approximate surface area is 87.0 Å². The van der Waals surface area contributed by atoms with Gasteiger partial charge in [0.05, 0.1) is 12.6 Å². The van der Waals surface area contributed by atoms with E-state index in [0.717, 1.165) is 5.56 Å². The molecule has 4 heteroatoms. The fourth-order valence-corrected chi connectivity index (χ4v) is 2.00. The van der Waals surface area contributed by atoms with Gasteiger partial charge in [0.1, 0.15) is 5.75 Å². The van der Waals surface area contributed by atoms with Crippen LogP contribution in [0.3, 0.4) is 0 Å². The van der Waals surface area contributed by atoms with E-state index in [9.17, 15) is 8.78 Å². The van der Waals surface area contributed by atoms with Crippen molar-refractivity contribution in [1.29, 1.82) is 0 Å². The molecule has 2 rings (SSSR count). The molecule has 1 aromatic rings. The summed E-state index contributed by atoms with van der Waals surface area (Å²) in [5.41, 5.74) is 5.75. The van der Waals surface area contributed by atoms with Gasteiger partial charge in [0.15, 0.2) is 0 Å². The fraction of sp³-hybridized carbons (Fsp3) is 0.455. The number of methoxy groups -OCH3 is 1. The number of alkyl halides is 2. The van der Waals surface area contributed by atoms with Crippen LogP contribution in [0.25, 0.3) is 0 Å². The summed E-state index contributed by atoms with van der Waals surface area (Å²) in [5.74, 6) is -1.90. The lowest BCUT2D eigenvalue weighted by Gasteiger charge is -2.44. The highest BCUT2D eigenvalue weighted by Gasteiger charge is 2.55. The average Bonchev–Trinajstić information content (AvgIpc) is 2.15. The lowest BCUT2D eigenvalue weighted by atomic mass is 9.70. The van der Waals surface area contributed by atoms with Gasteiger partial charge in [-0.3, -0.25) is 0 Å². The molecule has 0 atom stereocenters. The maximum Gasteiger partial charge on any atom is 0.252 e. The third-order valence-corrected chi connectivity index (χ3v) is 2.81. The molecule has 2 N–H and O–H groups in total. The predicted molar refractivity (Wildman–Crippen MR) is 53.0 cm³/mol. The molecular weight excluding hydrogens is 200 g/mol. The van der Waals surface area contributed by atoms with E-state index in [0.29, 0.717) is 5.75 Å². The normalized spacial score (nSPS) is 21.9. The molecule has 1 saturated carbocycles. The Kier molecular flexibility index (Phi) is 2.19. The lowest BCUT2D eigenvalue weighted by molar-refractivity contribution is -0.125. The van der Waals surface area contributed by atoms with E-state index in [4.69, 9.17) is 10.5 Å². The van der Waals surface area contributed by atoms with Crippen LogP contribution in [0.15, 0.2) is 24.3 Å². The van der Waals surface area contributed by atoms with E-state index in [1.165, 1.54) is 0 Å². The van der Waals surface area contributed by atoms with Crippen molar-refractivity contribution in [2.45, 2.75) is 24.3 Å². The fourth-order valence-electron chi connectivity index (χ4n) is 2.00. The molecule has 0 amide bonds. The van der Waals surface area contributed by atoms with Crippen molar-refractivity contribution in [3.05, 3.63) is 29.8 Å². The van der Waals surface area contributed by atoms with Crippen molar-refractivity contribution in [2.75, 3.05) is 7.11 Å². The number of hydrogen-bond donors (Lipinski definition) is 1. The molecule has 2 nitrogen and oxygen atoms in total. The first-order valence-electron chi connectivity index (χ1n) is 4.76. The van der Waals surface area contributed by atoms with Crippen LogP contribution in [-0.4, -0.2) is 13.0 Å². The van der Waals surface area contributed by atoms with Crippen molar-refractivity contribution in [3.63, 3.8) is 0 Å². The SMILES string of the molecule is COc1ccc(C2(N)CC(F)(F)C2)cc1. The van der Waals surface area contributed by atoms with Gasteiger partial charge in [-0.05, 0) is 17.7 Å². The van der Waals surface area contributed by atoms with Crippen molar-refractivity contribution in [2.24, 2.45) is 5.73 Å². The quantitative estimate of drug-likeness (QED) is 0.818. The van der Waals surface area contributed by atoms with E-state index < -0.39 is 11.5 Å². The van der Waals surface area contributed by atoms with Crippen LogP contribution in [0.2, 0.25) is 0 Å². The van der Waals surface area contributed by atoms with E-state index in [1.54, 1.807) is 31.4 Å². The van der Waals surface area contributed by atoms with Gasteiger partial charge in [0.25, 0.3) is 5.92 Å². The minimum atomic E-state index is -2.60. The van der Waals surface area contributed by atoms with Crippen LogP contribution < -0.4 is 10.5 Å². The number of halogens is 2. The molecule has 82 valence electrons. The van der Waals surface area contributed by atoms with Crippen LogP contribution in [0.1, 0.15) is 18.4 Å². The monoisotopic (exact) mass is 213 g/mol. The van der Waals surface area contributed by atoms with Gasteiger partial charge in [-0.25, -0.2) is 8.78 Å². The molecule has 1 aliphatic carbocycles. The Hall–Kier alpha value is -1.16. The number of ether oxygens (including phenoxy) is 1. The summed E-state index contributed by atoms with van der Waals surface area (Å²) < 4.78 is 30.5. The molecule has 0 spiro atoms. The molecule has 0 saturated heterocycles. The zero-order valence-corrected chi connectivity index (χ0v) is 8.47. The summed E-state index contributed by atoms with van der Waals surface area (Å²) in [6, 6.07) is 6.96. The summed E-state index contributed by atoms with van der Waals surface area (Å²) in [7, 11) is 1.56. The van der Waals surface area contributed by atoms with Crippen molar-refractivity contribution >= 4 is 0 Å². The molecule has 1 aromatic carbocycles. The second-order valence-electron chi connectivity index (χ2n) is 4.09. The number of rotatable bonds is 2. The number of nitrogens with two attached hydrogens (primary N) is 1. The molecule has 1 fully saturated rings. The van der Waals surface area contributed by atoms with Gasteiger partial charge in [-0.1, -0.05) is 12.1 Å². The summed E-state index contributed by atoms with van der Waals surface area (Å²) in [5, 5.41) is 0. The summed E-state index contributed by atoms with van der Waals surface area (Å²) in [4.78, 5) is 0. The van der Waals surface area contributed by atoms with Crippen LogP contribution in [0.4, 0.5) is 8.78 Å². The standard InChI is InChI=1S/C11H13F2NO/c1-15-9-4-2-8(3-5-9)10(14)6-11(12,13)7-10/h2-5H,6-7,14H2,1H3. The summed E-state index contributed by atoms with van der Waals surface area (Å²) in [6.07, 6.45) is -0.543. The molecule has 0 aromatic heterocycles. The lowest BCUT2D eigenvalue weighted by Crippen LogP contribution is -2.55. The maximum absolute atomic E-state index is 12.8. The molecule has 0 bridgehead atoms. The van der Waals surface area contributed by atoms with Gasteiger partial charge in [-0.2, -0.15) is 0 Å². The van der Waals surface area contributed by atoms with Gasteiger partial charge < -0.3 is 10.5 Å². The molecule has 0 heterocycles. The van der Waals surface area contributed by atoms with Gasteiger partial charge in [-0.15, -0.1) is 0 Å². The molecule has 1 aliphatic rings. The Morgan fingerprint density at radius 2 is 1.73 bits per heavy atom. The highest BCUT2D eigenvalue weighted by atomic mass is 19.3. The minimum absolute atomic E-state index is 0.271. The van der Waals surface area contributed by atoms with Crippen LogP contribution >= 0.6 is 0 Å². The van der Waals surface area contributed by atoms with Crippen molar-refractivity contribution < 1.29 is 13.5 Å². The minimum Gasteiger partial charge on any atom is -0.497 e. The van der Waals surface area contributed by atoms with Gasteiger partial charge in [0.2, 0.25) is 0 Å². The zero-order valence-electron chi connectivity index (χ0n) is 8.47. The van der Waals surface area contributed by atoms with Gasteiger partial charge >= 0.3 is 0 Å². The molecule has 15 heavy (non-hydrogen) atoms. The summed E-state index contributed by atoms with van der Waals surface area (Å²) in [6.45, 7) is 0. The highest BCUT2D eigenvalue weighted by molar-refractivity contribution is 5.34. The molecule has 0 aliphatic heterocycles. The highest BCUT2D eigenvalue weighted by Crippen LogP contribution is 2.49. The topological polar surface area (TPSA) is 35.2 Å². The largest absolute Gasteiger partial charge is 0.497 e. The Morgan fingerprint density at radius 1 is 1.20 bits per heavy atom. The van der Waals surface area contributed by atoms with Gasteiger partial charge in [0, 0.05) is 12.8 Å². The second-order valence-corrected chi connectivity index (χ2v) is 4.09. The third-order valence-electron chi connectivity index (χ3n) is 2.81. The Balaban J connectivity index is 2.17. The van der Waals surface area contributed by atoms with Crippen LogP contribution in [0, 0.1) is 0 Å². The first-order valence-corrected chi connectivity index (χ1v) is 4.76. The Bertz CT molecular complexity index is 353. The summed E-state index contributed by atoms with van der Waals surface area (Å²) >= 11 is 0. The molecule has 0 unspecified atom stereocenters. The first kappa shape index (κ1) is 10.4. The number of benzene rings is 1. The van der Waals surface area contributed by atoms with Crippen molar-refractivity contribution in [1.82, 2.24) is 0 Å². The average molecular weight is 213 g/mol. The molecule has 0 radical (unpaired) electrons. The van der Waals surface area contributed by atoms with E-state index >= 15 is 0 Å². The van der Waals surface area contributed by atoms with Crippen LogP contribution in [-0.2, 0) is 5.54 Å². The number of hydrogen-bond acceptors (Lipinski definition) is 2. The van der Waals surface area contributed by atoms with E-state index in [-0.39, 0.29) is 12.8 Å². The van der Waals surface area contributed by atoms with Crippen LogP contribution in [0.5, 0.6) is 5.75 Å². The maximum atomic E-state index is 12.8. The first-order chi connectivity index (χ1) is 6.95. The second kappa shape index (κ2) is 3.17. The van der Waals surface area contributed by atoms with E-state index in [2.05, 4.69) is 0 Å². The van der Waals surface area contributed by atoms with Crippen molar-refractivity contribution in [3.8, 4) is 5.75 Å².